The van der Waals surface area contributed by atoms with E-state index in [-0.39, 0.29) is 56.3 Å². The van der Waals surface area contributed by atoms with Crippen molar-refractivity contribution in [1.82, 2.24) is 0 Å². The number of unbranched alkanes of at least 4 members (excludes halogenated alkanes) is 2. The normalized spacial score (nSPS) is 11.7. The molecule has 2 rings (SSSR count). The van der Waals surface area contributed by atoms with E-state index in [9.17, 15) is 13.0 Å². The van der Waals surface area contributed by atoms with Gasteiger partial charge >= 0.3 is 51.4 Å². The van der Waals surface area contributed by atoms with Crippen molar-refractivity contribution < 1.29 is 64.4 Å². The Hall–Kier alpha value is 0.246. The van der Waals surface area contributed by atoms with Gasteiger partial charge in [0.05, 0.1) is 4.90 Å². The van der Waals surface area contributed by atoms with Crippen LogP contribution >= 0.6 is 0 Å². The van der Waals surface area contributed by atoms with Crippen molar-refractivity contribution in [3.05, 3.63) is 42.0 Å². The van der Waals surface area contributed by atoms with Crippen LogP contribution in [0.3, 0.4) is 0 Å². The molecular weight excluding hydrogens is 335 g/mol. The van der Waals surface area contributed by atoms with Gasteiger partial charge < -0.3 is 4.55 Å². The smallest absolute Gasteiger partial charge is 0.744 e. The fourth-order valence-corrected chi connectivity index (χ4v) is 3.59. The molecule has 23 heavy (non-hydrogen) atoms. The van der Waals surface area contributed by atoms with Gasteiger partial charge in [0, 0.05) is 0 Å². The molecule has 0 N–H and O–H groups in total. The quantitative estimate of drug-likeness (QED) is 0.428. The first-order chi connectivity index (χ1) is 10.4. The van der Waals surface area contributed by atoms with E-state index in [1.165, 1.54) is 12.5 Å². The Morgan fingerprint density at radius 3 is 2.35 bits per heavy atom. The van der Waals surface area contributed by atoms with Crippen molar-refractivity contribution in [3.8, 4) is 0 Å². The van der Waals surface area contributed by atoms with E-state index in [1.807, 2.05) is 24.3 Å². The number of rotatable bonds is 7. The third-order valence-corrected chi connectivity index (χ3v) is 4.90. The molecule has 0 amide bonds. The van der Waals surface area contributed by atoms with E-state index >= 15 is 0 Å². The summed E-state index contributed by atoms with van der Waals surface area (Å²) >= 11 is 0. The Morgan fingerprint density at radius 1 is 1.00 bits per heavy atom. The van der Waals surface area contributed by atoms with Crippen LogP contribution in [0.15, 0.2) is 41.3 Å². The van der Waals surface area contributed by atoms with Gasteiger partial charge in [0.2, 0.25) is 0 Å². The summed E-state index contributed by atoms with van der Waals surface area (Å²) in [6.45, 7) is 4.40. The third kappa shape index (κ3) is 6.23. The Morgan fingerprint density at radius 2 is 1.70 bits per heavy atom. The molecule has 3 nitrogen and oxygen atoms in total. The van der Waals surface area contributed by atoms with E-state index < -0.39 is 10.1 Å². The Kier molecular flexibility index (Phi) is 8.94. The van der Waals surface area contributed by atoms with Crippen LogP contribution in [0.5, 0.6) is 0 Å². The molecule has 0 aromatic heterocycles. The zero-order valence-corrected chi connectivity index (χ0v) is 18.1. The average molecular weight is 359 g/mol. The molecule has 0 aliphatic rings. The monoisotopic (exact) mass is 358 g/mol. The van der Waals surface area contributed by atoms with Gasteiger partial charge in [-0.15, -0.1) is 0 Å². The van der Waals surface area contributed by atoms with Gasteiger partial charge in [-0.2, -0.15) is 0 Å². The molecule has 0 radical (unpaired) electrons. The van der Waals surface area contributed by atoms with Crippen LogP contribution < -0.4 is 51.4 Å². The second kappa shape index (κ2) is 9.66. The van der Waals surface area contributed by atoms with Crippen LogP contribution in [0.4, 0.5) is 0 Å². The summed E-state index contributed by atoms with van der Waals surface area (Å²) < 4.78 is 34.6. The molecule has 0 saturated heterocycles. The molecule has 5 heteroatoms. The van der Waals surface area contributed by atoms with Gasteiger partial charge in [-0.05, 0) is 41.2 Å². The summed E-state index contributed by atoms with van der Waals surface area (Å²) in [4.78, 5) is -0.0601. The van der Waals surface area contributed by atoms with Gasteiger partial charge in [0.1, 0.15) is 10.1 Å². The predicted molar refractivity (Wildman–Crippen MR) is 88.9 cm³/mol. The Labute approximate surface area is 182 Å². The van der Waals surface area contributed by atoms with Gasteiger partial charge in [-0.25, -0.2) is 8.42 Å². The van der Waals surface area contributed by atoms with Crippen molar-refractivity contribution in [2.45, 2.75) is 50.8 Å². The van der Waals surface area contributed by atoms with Crippen molar-refractivity contribution in [2.75, 3.05) is 0 Å². The Bertz CT molecular complexity index is 739. The van der Waals surface area contributed by atoms with Gasteiger partial charge in [-0.1, -0.05) is 63.4 Å². The number of fused-ring (bicyclic) bond motifs is 1. The SMILES string of the molecule is CC(C)CCCCCc1c(S(=O)(=O)[O-])ccc2ccccc12.[K+]. The molecule has 0 unspecified atom stereocenters. The second-order valence-electron chi connectivity index (χ2n) is 6.21. The molecule has 120 valence electrons. The topological polar surface area (TPSA) is 57.2 Å². The fraction of sp³-hybridized carbons (Fsp3) is 0.444. The number of hydrogen-bond acceptors (Lipinski definition) is 3. The average Bonchev–Trinajstić information content (AvgIpc) is 2.45. The largest absolute Gasteiger partial charge is 1.00 e. The molecule has 0 spiro atoms. The molecule has 0 heterocycles. The van der Waals surface area contributed by atoms with Crippen LogP contribution in [-0.4, -0.2) is 13.0 Å². The minimum Gasteiger partial charge on any atom is -0.744 e. The molecule has 0 atom stereocenters. The van der Waals surface area contributed by atoms with E-state index in [0.717, 1.165) is 30.0 Å². The summed E-state index contributed by atoms with van der Waals surface area (Å²) in [7, 11) is -4.43. The van der Waals surface area contributed by atoms with Crippen molar-refractivity contribution >= 4 is 20.9 Å². The molecule has 2 aromatic rings. The van der Waals surface area contributed by atoms with E-state index in [4.69, 9.17) is 0 Å². The minimum atomic E-state index is -4.43. The first-order valence-electron chi connectivity index (χ1n) is 7.86. The maximum atomic E-state index is 11.5. The number of benzene rings is 2. The maximum absolute atomic E-state index is 11.5. The minimum absolute atomic E-state index is 0. The van der Waals surface area contributed by atoms with Crippen LogP contribution in [0, 0.1) is 5.92 Å². The second-order valence-corrected chi connectivity index (χ2v) is 7.56. The van der Waals surface area contributed by atoms with Crippen LogP contribution in [0.25, 0.3) is 10.8 Å². The molecule has 0 aliphatic heterocycles. The standard InChI is InChI=1S/C18H24O3S.K/c1-14(2)8-4-3-5-11-17-16-10-7-6-9-15(16)12-13-18(17)22(19,20)21;/h6-7,9-10,12-14H,3-5,8,11H2,1-2H3,(H,19,20,21);/q;+1/p-1. The van der Waals surface area contributed by atoms with Gasteiger partial charge in [0.15, 0.2) is 0 Å². The van der Waals surface area contributed by atoms with Crippen molar-refractivity contribution in [2.24, 2.45) is 5.92 Å². The first-order valence-corrected chi connectivity index (χ1v) is 9.27. The van der Waals surface area contributed by atoms with Crippen molar-refractivity contribution in [3.63, 3.8) is 0 Å². The van der Waals surface area contributed by atoms with Gasteiger partial charge in [0.25, 0.3) is 0 Å². The van der Waals surface area contributed by atoms with E-state index in [0.29, 0.717) is 17.9 Å². The summed E-state index contributed by atoms with van der Waals surface area (Å²) in [5, 5.41) is 1.86. The molecule has 2 aromatic carbocycles. The van der Waals surface area contributed by atoms with Crippen LogP contribution in [0.1, 0.15) is 45.1 Å². The fourth-order valence-electron chi connectivity index (χ4n) is 2.84. The zero-order chi connectivity index (χ0) is 16.2. The molecule has 0 bridgehead atoms. The third-order valence-electron chi connectivity index (χ3n) is 3.98. The molecule has 0 saturated carbocycles. The van der Waals surface area contributed by atoms with E-state index in [2.05, 4.69) is 13.8 Å². The zero-order valence-electron chi connectivity index (χ0n) is 14.2. The van der Waals surface area contributed by atoms with Crippen LogP contribution in [-0.2, 0) is 16.5 Å². The molecule has 0 aliphatic carbocycles. The number of aryl methyl sites for hydroxylation is 1. The van der Waals surface area contributed by atoms with E-state index in [1.54, 1.807) is 6.07 Å². The maximum Gasteiger partial charge on any atom is 1.00 e. The van der Waals surface area contributed by atoms with Crippen molar-refractivity contribution in [1.29, 1.82) is 0 Å². The van der Waals surface area contributed by atoms with Crippen LogP contribution in [0.2, 0.25) is 0 Å². The van der Waals surface area contributed by atoms with Gasteiger partial charge in [-0.3, -0.25) is 0 Å². The predicted octanol–water partition coefficient (Wildman–Crippen LogP) is 1.51. The molecular formula is C18H23KO3S. The summed E-state index contributed by atoms with van der Waals surface area (Å²) in [5.74, 6) is 0.690. The first kappa shape index (κ1) is 21.3. The molecule has 0 fully saturated rings. The summed E-state index contributed by atoms with van der Waals surface area (Å²) in [5.41, 5.74) is 0.678. The Balaban J connectivity index is 0.00000264. The summed E-state index contributed by atoms with van der Waals surface area (Å²) in [6, 6.07) is 10.8. The number of hydrogen-bond donors (Lipinski definition) is 0. The summed E-state index contributed by atoms with van der Waals surface area (Å²) in [6.07, 6.45) is 4.92.